The number of amides is 1. The van der Waals surface area contributed by atoms with Gasteiger partial charge in [0.25, 0.3) is 0 Å². The summed E-state index contributed by atoms with van der Waals surface area (Å²) in [7, 11) is -3.89. The minimum Gasteiger partial charge on any atom is -0.449 e. The highest BCUT2D eigenvalue weighted by molar-refractivity contribution is 7.87. The molecule has 0 aromatic heterocycles. The molecule has 1 fully saturated rings. The van der Waals surface area contributed by atoms with Gasteiger partial charge in [0, 0.05) is 6.54 Å². The third-order valence-electron chi connectivity index (χ3n) is 2.25. The standard InChI is InChI=1S/C10H16N2O4S/c1-3-7-12(8-9-5-6-9)17(14,15)11-10(13)16-4-2/h1,9H,4-8H2,2H3,(H,11,13). The number of carbonyl (C=O) groups is 1. The molecule has 1 aliphatic carbocycles. The molecule has 1 aliphatic rings. The molecule has 6 nitrogen and oxygen atoms in total. The van der Waals surface area contributed by atoms with Gasteiger partial charge in [0.15, 0.2) is 0 Å². The molecule has 0 bridgehead atoms. The summed E-state index contributed by atoms with van der Waals surface area (Å²) in [5.41, 5.74) is 0. The third-order valence-corrected chi connectivity index (χ3v) is 3.64. The molecule has 1 rings (SSSR count). The molecular formula is C10H16N2O4S. The van der Waals surface area contributed by atoms with Crippen LogP contribution in [-0.2, 0) is 14.9 Å². The molecule has 1 N–H and O–H groups in total. The normalized spacial score (nSPS) is 15.4. The first-order valence-corrected chi connectivity index (χ1v) is 6.81. The maximum Gasteiger partial charge on any atom is 0.421 e. The fraction of sp³-hybridized carbons (Fsp3) is 0.700. The second-order valence-electron chi connectivity index (χ2n) is 3.77. The Labute approximate surface area is 101 Å². The summed E-state index contributed by atoms with van der Waals surface area (Å²) in [6, 6.07) is 0. The molecular weight excluding hydrogens is 244 g/mol. The highest BCUT2D eigenvalue weighted by Gasteiger charge is 2.31. The quantitative estimate of drug-likeness (QED) is 0.698. The zero-order valence-corrected chi connectivity index (χ0v) is 10.5. The summed E-state index contributed by atoms with van der Waals surface area (Å²) in [6.45, 7) is 2.00. The summed E-state index contributed by atoms with van der Waals surface area (Å²) in [6.07, 6.45) is 6.12. The Morgan fingerprint density at radius 1 is 1.59 bits per heavy atom. The minimum absolute atomic E-state index is 0.0504. The van der Waals surface area contributed by atoms with Crippen molar-refractivity contribution >= 4 is 16.3 Å². The van der Waals surface area contributed by atoms with Gasteiger partial charge in [0.05, 0.1) is 13.2 Å². The number of rotatable bonds is 6. The first-order chi connectivity index (χ1) is 7.99. The fourth-order valence-electron chi connectivity index (χ4n) is 1.27. The molecule has 1 amide bonds. The van der Waals surface area contributed by atoms with E-state index in [1.807, 2.05) is 4.72 Å². The molecule has 0 atom stereocenters. The van der Waals surface area contributed by atoms with E-state index in [2.05, 4.69) is 10.7 Å². The monoisotopic (exact) mass is 260 g/mol. The molecule has 0 aromatic rings. The van der Waals surface area contributed by atoms with Crippen LogP contribution in [0, 0.1) is 18.3 Å². The van der Waals surface area contributed by atoms with E-state index in [0.717, 1.165) is 17.1 Å². The second-order valence-corrected chi connectivity index (χ2v) is 5.44. The van der Waals surface area contributed by atoms with Gasteiger partial charge in [-0.1, -0.05) is 5.92 Å². The van der Waals surface area contributed by atoms with Crippen molar-refractivity contribution in [1.82, 2.24) is 9.03 Å². The topological polar surface area (TPSA) is 75.7 Å². The number of nitrogens with one attached hydrogen (secondary N) is 1. The van der Waals surface area contributed by atoms with Gasteiger partial charge < -0.3 is 4.74 Å². The smallest absolute Gasteiger partial charge is 0.421 e. The van der Waals surface area contributed by atoms with E-state index in [0.29, 0.717) is 12.5 Å². The summed E-state index contributed by atoms with van der Waals surface area (Å²) in [5.74, 6) is 2.62. The Morgan fingerprint density at radius 2 is 2.24 bits per heavy atom. The van der Waals surface area contributed by atoms with Gasteiger partial charge in [0.2, 0.25) is 0 Å². The highest BCUT2D eigenvalue weighted by Crippen LogP contribution is 2.30. The first-order valence-electron chi connectivity index (χ1n) is 5.37. The lowest BCUT2D eigenvalue weighted by molar-refractivity contribution is 0.158. The van der Waals surface area contributed by atoms with E-state index in [1.54, 1.807) is 6.92 Å². The lowest BCUT2D eigenvalue weighted by Crippen LogP contribution is -2.44. The van der Waals surface area contributed by atoms with Crippen molar-refractivity contribution in [3.8, 4) is 12.3 Å². The number of ether oxygens (including phenoxy) is 1. The van der Waals surface area contributed by atoms with Crippen LogP contribution in [-0.4, -0.2) is 38.5 Å². The van der Waals surface area contributed by atoms with E-state index in [1.165, 1.54) is 0 Å². The number of hydrogen-bond donors (Lipinski definition) is 1. The van der Waals surface area contributed by atoms with Crippen LogP contribution >= 0.6 is 0 Å². The van der Waals surface area contributed by atoms with Crippen LogP contribution in [0.3, 0.4) is 0 Å². The lowest BCUT2D eigenvalue weighted by Gasteiger charge is -2.19. The van der Waals surface area contributed by atoms with Crippen LogP contribution in [0.2, 0.25) is 0 Å². The average molecular weight is 260 g/mol. The Bertz CT molecular complexity index is 409. The average Bonchev–Trinajstić information content (AvgIpc) is 3.00. The minimum atomic E-state index is -3.89. The van der Waals surface area contributed by atoms with Gasteiger partial charge in [-0.2, -0.15) is 12.7 Å². The van der Waals surface area contributed by atoms with Crippen LogP contribution in [0.15, 0.2) is 0 Å². The van der Waals surface area contributed by atoms with Crippen LogP contribution in [0.25, 0.3) is 0 Å². The van der Waals surface area contributed by atoms with Gasteiger partial charge in [0.1, 0.15) is 0 Å². The van der Waals surface area contributed by atoms with Crippen molar-refractivity contribution in [2.24, 2.45) is 5.92 Å². The van der Waals surface area contributed by atoms with Crippen LogP contribution in [0.4, 0.5) is 4.79 Å². The van der Waals surface area contributed by atoms with E-state index in [9.17, 15) is 13.2 Å². The molecule has 0 unspecified atom stereocenters. The van der Waals surface area contributed by atoms with Crippen LogP contribution < -0.4 is 4.72 Å². The van der Waals surface area contributed by atoms with E-state index < -0.39 is 16.3 Å². The summed E-state index contributed by atoms with van der Waals surface area (Å²) in [4.78, 5) is 11.1. The number of nitrogens with zero attached hydrogens (tertiary/aromatic N) is 1. The van der Waals surface area contributed by atoms with Crippen molar-refractivity contribution in [3.05, 3.63) is 0 Å². The molecule has 1 saturated carbocycles. The van der Waals surface area contributed by atoms with Crippen molar-refractivity contribution in [2.75, 3.05) is 19.7 Å². The molecule has 7 heteroatoms. The van der Waals surface area contributed by atoms with E-state index >= 15 is 0 Å². The largest absolute Gasteiger partial charge is 0.449 e. The van der Waals surface area contributed by atoms with Crippen molar-refractivity contribution in [2.45, 2.75) is 19.8 Å². The molecule has 0 radical (unpaired) electrons. The van der Waals surface area contributed by atoms with Gasteiger partial charge in [-0.3, -0.25) is 0 Å². The zero-order chi connectivity index (χ0) is 12.9. The summed E-state index contributed by atoms with van der Waals surface area (Å²) >= 11 is 0. The summed E-state index contributed by atoms with van der Waals surface area (Å²) < 4.78 is 31.0. The predicted molar refractivity (Wildman–Crippen MR) is 62.2 cm³/mol. The molecule has 0 aromatic carbocycles. The maximum absolute atomic E-state index is 11.8. The number of terminal acetylenes is 1. The molecule has 0 aliphatic heterocycles. The number of carbonyl (C=O) groups excluding carboxylic acids is 1. The van der Waals surface area contributed by atoms with Crippen LogP contribution in [0.5, 0.6) is 0 Å². The maximum atomic E-state index is 11.8. The van der Waals surface area contributed by atoms with Gasteiger partial charge in [-0.25, -0.2) is 9.52 Å². The van der Waals surface area contributed by atoms with Gasteiger partial charge in [-0.05, 0) is 25.7 Å². The third kappa shape index (κ3) is 4.63. The van der Waals surface area contributed by atoms with Crippen molar-refractivity contribution in [1.29, 1.82) is 0 Å². The fourth-order valence-corrected chi connectivity index (χ4v) is 2.32. The summed E-state index contributed by atoms with van der Waals surface area (Å²) in [5, 5.41) is 0. The predicted octanol–water partition coefficient (Wildman–Crippen LogP) is 0.323. The Hall–Kier alpha value is -1.26. The molecule has 96 valence electrons. The van der Waals surface area contributed by atoms with Crippen molar-refractivity contribution < 1.29 is 17.9 Å². The molecule has 0 spiro atoms. The van der Waals surface area contributed by atoms with Gasteiger partial charge in [-0.15, -0.1) is 6.42 Å². The Balaban J connectivity index is 2.62. The van der Waals surface area contributed by atoms with E-state index in [-0.39, 0.29) is 13.2 Å². The van der Waals surface area contributed by atoms with Gasteiger partial charge >= 0.3 is 16.3 Å². The van der Waals surface area contributed by atoms with E-state index in [4.69, 9.17) is 6.42 Å². The first kappa shape index (κ1) is 13.8. The van der Waals surface area contributed by atoms with Crippen LogP contribution in [0.1, 0.15) is 19.8 Å². The Kier molecular flexibility index (Phi) is 4.78. The SMILES string of the molecule is C#CCN(CC1CC1)S(=O)(=O)NC(=O)OCC. The Morgan fingerprint density at radius 3 is 2.71 bits per heavy atom. The lowest BCUT2D eigenvalue weighted by atomic mass is 10.4. The molecule has 17 heavy (non-hydrogen) atoms. The molecule has 0 heterocycles. The zero-order valence-electron chi connectivity index (χ0n) is 9.68. The number of hydrogen-bond acceptors (Lipinski definition) is 4. The van der Waals surface area contributed by atoms with Crippen molar-refractivity contribution in [3.63, 3.8) is 0 Å². The second kappa shape index (κ2) is 5.89. The molecule has 0 saturated heterocycles. The highest BCUT2D eigenvalue weighted by atomic mass is 32.2.